The predicted octanol–water partition coefficient (Wildman–Crippen LogP) is 1.94. The normalized spacial score (nSPS) is 10.0. The molecule has 0 atom stereocenters. The monoisotopic (exact) mass is 239 g/mol. The second-order valence-corrected chi connectivity index (χ2v) is 3.20. The van der Waals surface area contributed by atoms with Crippen molar-refractivity contribution in [3.05, 3.63) is 34.4 Å². The van der Waals surface area contributed by atoms with Gasteiger partial charge in [0, 0.05) is 11.1 Å². The first kappa shape index (κ1) is 12.8. The van der Waals surface area contributed by atoms with Gasteiger partial charge in [0.2, 0.25) is 0 Å². The highest BCUT2D eigenvalue weighted by Gasteiger charge is 2.19. The molecule has 6 heteroatoms. The summed E-state index contributed by atoms with van der Waals surface area (Å²) in [4.78, 5) is 21.2. The average molecular weight is 239 g/mol. The lowest BCUT2D eigenvalue weighted by Gasteiger charge is -2.08. The number of carbonyl (C=O) groups excluding carboxylic acids is 1. The summed E-state index contributed by atoms with van der Waals surface area (Å²) in [5, 5.41) is 17.4. The molecule has 4 nitrogen and oxygen atoms in total. The van der Waals surface area contributed by atoms with Crippen molar-refractivity contribution in [3.8, 4) is 6.07 Å². The van der Waals surface area contributed by atoms with Crippen LogP contribution in [-0.2, 0) is 11.2 Å². The van der Waals surface area contributed by atoms with E-state index in [-0.39, 0.29) is 17.4 Å². The molecule has 1 N–H and O–H groups in total. The molecule has 0 heterocycles. The highest BCUT2D eigenvalue weighted by atomic mass is 19.3. The predicted molar refractivity (Wildman–Crippen MR) is 52.8 cm³/mol. The third-order valence-electron chi connectivity index (χ3n) is 2.17. The molecule has 17 heavy (non-hydrogen) atoms. The maximum Gasteiger partial charge on any atom is 0.307 e. The summed E-state index contributed by atoms with van der Waals surface area (Å²) >= 11 is 0. The molecule has 1 rings (SSSR count). The van der Waals surface area contributed by atoms with Crippen LogP contribution in [0.15, 0.2) is 12.1 Å². The number of carboxylic acid groups (broad SMARTS) is 1. The zero-order valence-corrected chi connectivity index (χ0v) is 8.48. The van der Waals surface area contributed by atoms with E-state index in [9.17, 15) is 18.4 Å². The zero-order chi connectivity index (χ0) is 13.0. The molecule has 0 fully saturated rings. The van der Waals surface area contributed by atoms with Crippen LogP contribution in [0.25, 0.3) is 0 Å². The van der Waals surface area contributed by atoms with Gasteiger partial charge >= 0.3 is 5.97 Å². The number of alkyl halides is 2. The summed E-state index contributed by atoms with van der Waals surface area (Å²) in [6.07, 6.45) is -3.24. The first-order valence-corrected chi connectivity index (χ1v) is 4.52. The van der Waals surface area contributed by atoms with E-state index in [0.29, 0.717) is 0 Å². The molecule has 0 aromatic heterocycles. The number of benzene rings is 1. The molecule has 0 spiro atoms. The maximum absolute atomic E-state index is 12.5. The molecule has 0 aliphatic rings. The number of carbonyl (C=O) groups is 2. The number of hydrogen-bond acceptors (Lipinski definition) is 3. The number of carboxylic acids is 1. The van der Waals surface area contributed by atoms with Crippen LogP contribution in [0, 0.1) is 11.3 Å². The molecular formula is C11H7F2NO3. The van der Waals surface area contributed by atoms with Gasteiger partial charge in [-0.25, -0.2) is 8.78 Å². The summed E-state index contributed by atoms with van der Waals surface area (Å²) < 4.78 is 25.1. The molecule has 1 aromatic carbocycles. The first-order valence-electron chi connectivity index (χ1n) is 4.52. The Kier molecular flexibility index (Phi) is 3.88. The minimum atomic E-state index is -2.89. The summed E-state index contributed by atoms with van der Waals surface area (Å²) in [6.45, 7) is 0. The third-order valence-corrected chi connectivity index (χ3v) is 2.17. The summed E-state index contributed by atoms with van der Waals surface area (Å²) in [5.41, 5.74) is -1.27. The molecule has 88 valence electrons. The number of rotatable bonds is 4. The van der Waals surface area contributed by atoms with E-state index in [2.05, 4.69) is 0 Å². The van der Waals surface area contributed by atoms with Crippen LogP contribution in [0.4, 0.5) is 8.78 Å². The number of nitriles is 1. The highest BCUT2D eigenvalue weighted by Crippen LogP contribution is 2.26. The van der Waals surface area contributed by atoms with E-state index in [1.165, 1.54) is 0 Å². The second-order valence-electron chi connectivity index (χ2n) is 3.20. The van der Waals surface area contributed by atoms with E-state index in [0.717, 1.165) is 12.1 Å². The molecule has 0 radical (unpaired) electrons. The Labute approximate surface area is 95.1 Å². The van der Waals surface area contributed by atoms with Gasteiger partial charge < -0.3 is 5.11 Å². The van der Waals surface area contributed by atoms with Gasteiger partial charge in [-0.3, -0.25) is 9.59 Å². The molecule has 0 aliphatic heterocycles. The minimum absolute atomic E-state index is 0.0477. The number of nitrogens with zero attached hydrogens (tertiary/aromatic N) is 1. The minimum Gasteiger partial charge on any atom is -0.481 e. The van der Waals surface area contributed by atoms with Crippen LogP contribution in [-0.4, -0.2) is 17.4 Å². The lowest BCUT2D eigenvalue weighted by Crippen LogP contribution is -2.06. The second kappa shape index (κ2) is 5.16. The third kappa shape index (κ3) is 2.64. The van der Waals surface area contributed by atoms with Crippen molar-refractivity contribution in [2.45, 2.75) is 12.8 Å². The summed E-state index contributed by atoms with van der Waals surface area (Å²) in [5.74, 6) is -1.21. The van der Waals surface area contributed by atoms with Crippen molar-refractivity contribution in [1.29, 1.82) is 5.26 Å². The molecule has 0 bridgehead atoms. The Bertz CT molecular complexity index is 506. The Morgan fingerprint density at radius 1 is 1.53 bits per heavy atom. The number of aliphatic carboxylic acids is 1. The van der Waals surface area contributed by atoms with Crippen LogP contribution in [0.5, 0.6) is 0 Å². The Morgan fingerprint density at radius 2 is 2.18 bits per heavy atom. The fourth-order valence-corrected chi connectivity index (χ4v) is 1.44. The number of halogens is 2. The molecule has 0 saturated carbocycles. The molecule has 0 amide bonds. The maximum atomic E-state index is 12.5. The van der Waals surface area contributed by atoms with Crippen molar-refractivity contribution >= 4 is 12.3 Å². The lowest BCUT2D eigenvalue weighted by atomic mass is 9.96. The van der Waals surface area contributed by atoms with E-state index < -0.39 is 29.9 Å². The highest BCUT2D eigenvalue weighted by molar-refractivity contribution is 5.84. The van der Waals surface area contributed by atoms with E-state index in [4.69, 9.17) is 10.4 Å². The summed E-state index contributed by atoms with van der Waals surface area (Å²) in [6, 6.07) is 3.68. The van der Waals surface area contributed by atoms with Gasteiger partial charge in [-0.15, -0.1) is 0 Å². The largest absolute Gasteiger partial charge is 0.481 e. The Balaban J connectivity index is 3.44. The number of hydrogen-bond donors (Lipinski definition) is 1. The van der Waals surface area contributed by atoms with Crippen LogP contribution in [0.3, 0.4) is 0 Å². The molecule has 0 unspecified atom stereocenters. The Hall–Kier alpha value is -2.29. The SMILES string of the molecule is N#Cc1c(CC(=O)O)ccc(C(F)F)c1C=O. The summed E-state index contributed by atoms with van der Waals surface area (Å²) in [7, 11) is 0. The van der Waals surface area contributed by atoms with Crippen molar-refractivity contribution in [3.63, 3.8) is 0 Å². The van der Waals surface area contributed by atoms with Gasteiger partial charge in [0.15, 0.2) is 6.29 Å². The van der Waals surface area contributed by atoms with Crippen molar-refractivity contribution < 1.29 is 23.5 Å². The topological polar surface area (TPSA) is 78.2 Å². The van der Waals surface area contributed by atoms with Gasteiger partial charge in [0.1, 0.15) is 6.07 Å². The van der Waals surface area contributed by atoms with E-state index in [1.54, 1.807) is 6.07 Å². The molecular weight excluding hydrogens is 232 g/mol. The van der Waals surface area contributed by atoms with E-state index in [1.807, 2.05) is 0 Å². The van der Waals surface area contributed by atoms with Crippen LogP contribution in [0.2, 0.25) is 0 Å². The van der Waals surface area contributed by atoms with Crippen molar-refractivity contribution in [1.82, 2.24) is 0 Å². The van der Waals surface area contributed by atoms with Gasteiger partial charge in [-0.1, -0.05) is 12.1 Å². The standard InChI is InChI=1S/C11H7F2NO3/c12-11(13)7-2-1-6(3-10(16)17)8(4-14)9(7)5-15/h1-2,5,11H,3H2,(H,16,17). The number of aldehydes is 1. The smallest absolute Gasteiger partial charge is 0.307 e. The van der Waals surface area contributed by atoms with Gasteiger partial charge in [-0.05, 0) is 5.56 Å². The average Bonchev–Trinajstić information content (AvgIpc) is 2.26. The van der Waals surface area contributed by atoms with Crippen LogP contribution < -0.4 is 0 Å². The zero-order valence-electron chi connectivity index (χ0n) is 8.48. The van der Waals surface area contributed by atoms with Crippen molar-refractivity contribution in [2.75, 3.05) is 0 Å². The lowest BCUT2D eigenvalue weighted by molar-refractivity contribution is -0.136. The van der Waals surface area contributed by atoms with Crippen LogP contribution >= 0.6 is 0 Å². The van der Waals surface area contributed by atoms with Gasteiger partial charge in [0.25, 0.3) is 6.43 Å². The fraction of sp³-hybridized carbons (Fsp3) is 0.182. The van der Waals surface area contributed by atoms with Gasteiger partial charge in [0.05, 0.1) is 12.0 Å². The van der Waals surface area contributed by atoms with E-state index >= 15 is 0 Å². The quantitative estimate of drug-likeness (QED) is 0.814. The van der Waals surface area contributed by atoms with Crippen molar-refractivity contribution in [2.24, 2.45) is 0 Å². The fourth-order valence-electron chi connectivity index (χ4n) is 1.44. The first-order chi connectivity index (χ1) is 8.01. The molecule has 0 aliphatic carbocycles. The Morgan fingerprint density at radius 3 is 2.59 bits per heavy atom. The molecule has 1 aromatic rings. The molecule has 0 saturated heterocycles. The van der Waals surface area contributed by atoms with Gasteiger partial charge in [-0.2, -0.15) is 5.26 Å². The van der Waals surface area contributed by atoms with Crippen LogP contribution in [0.1, 0.15) is 33.5 Å².